The summed E-state index contributed by atoms with van der Waals surface area (Å²) in [7, 11) is 0. The molecule has 11 heavy (non-hydrogen) atoms. The number of aromatic nitrogens is 1. The number of hydrogen-bond acceptors (Lipinski definition) is 4. The van der Waals surface area contributed by atoms with Crippen LogP contribution in [-0.2, 0) is 0 Å². The van der Waals surface area contributed by atoms with Crippen molar-refractivity contribution in [3.8, 4) is 0 Å². The number of rotatable bonds is 2. The van der Waals surface area contributed by atoms with Gasteiger partial charge < -0.3 is 9.52 Å². The van der Waals surface area contributed by atoms with E-state index >= 15 is 0 Å². The molecular formula is C6H5NO4. The van der Waals surface area contributed by atoms with Crippen LogP contribution in [0.3, 0.4) is 0 Å². The Hall–Kier alpha value is -1.65. The molecule has 1 rings (SSSR count). The van der Waals surface area contributed by atoms with Gasteiger partial charge in [0.15, 0.2) is 0 Å². The second-order valence-corrected chi connectivity index (χ2v) is 1.89. The summed E-state index contributed by atoms with van der Waals surface area (Å²) < 4.78 is 4.55. The molecule has 0 saturated carbocycles. The topological polar surface area (TPSA) is 80.4 Å². The number of carboxylic acids is 1. The third-order valence-electron chi connectivity index (χ3n) is 1.02. The van der Waals surface area contributed by atoms with E-state index in [-0.39, 0.29) is 11.7 Å². The van der Waals surface area contributed by atoms with Gasteiger partial charge >= 0.3 is 5.97 Å². The number of nitrogens with zero attached hydrogens (tertiary/aromatic N) is 1. The van der Waals surface area contributed by atoms with E-state index in [4.69, 9.17) is 5.11 Å². The molecule has 0 atom stereocenters. The Morgan fingerprint density at radius 3 is 2.55 bits per heavy atom. The minimum Gasteiger partial charge on any atom is -0.475 e. The Labute approximate surface area is 61.7 Å². The van der Waals surface area contributed by atoms with Crippen molar-refractivity contribution in [2.24, 2.45) is 0 Å². The second-order valence-electron chi connectivity index (χ2n) is 1.89. The van der Waals surface area contributed by atoms with Gasteiger partial charge in [-0.3, -0.25) is 4.79 Å². The van der Waals surface area contributed by atoms with Gasteiger partial charge in [0.1, 0.15) is 0 Å². The Balaban J connectivity index is 2.99. The van der Waals surface area contributed by atoms with Crippen molar-refractivity contribution in [1.29, 1.82) is 0 Å². The summed E-state index contributed by atoms with van der Waals surface area (Å²) in [5.74, 6) is -2.12. The SMILES string of the molecule is CC(=O)c1ncc(C(=O)O)o1. The summed E-state index contributed by atoms with van der Waals surface area (Å²) in [6.45, 7) is 1.25. The largest absolute Gasteiger partial charge is 0.475 e. The maximum absolute atomic E-state index is 10.5. The van der Waals surface area contributed by atoms with Crippen molar-refractivity contribution in [3.63, 3.8) is 0 Å². The summed E-state index contributed by atoms with van der Waals surface area (Å²) in [5.41, 5.74) is 0. The van der Waals surface area contributed by atoms with E-state index in [9.17, 15) is 9.59 Å². The van der Waals surface area contributed by atoms with Gasteiger partial charge in [-0.05, 0) is 0 Å². The molecule has 1 aromatic rings. The molecule has 5 nitrogen and oxygen atoms in total. The quantitative estimate of drug-likeness (QED) is 0.631. The lowest BCUT2D eigenvalue weighted by atomic mass is 10.5. The minimum absolute atomic E-state index is 0.178. The van der Waals surface area contributed by atoms with E-state index in [0.29, 0.717) is 0 Å². The summed E-state index contributed by atoms with van der Waals surface area (Å²) in [6.07, 6.45) is 0.999. The Kier molecular flexibility index (Phi) is 1.72. The van der Waals surface area contributed by atoms with Crippen LogP contribution in [-0.4, -0.2) is 21.8 Å². The highest BCUT2D eigenvalue weighted by molar-refractivity contribution is 5.91. The van der Waals surface area contributed by atoms with Gasteiger partial charge in [-0.25, -0.2) is 9.78 Å². The van der Waals surface area contributed by atoms with Gasteiger partial charge in [-0.1, -0.05) is 0 Å². The lowest BCUT2D eigenvalue weighted by molar-refractivity contribution is 0.0660. The van der Waals surface area contributed by atoms with Crippen LogP contribution in [0.25, 0.3) is 0 Å². The number of carbonyl (C=O) groups is 2. The number of Topliss-reactive ketones (excluding diaryl/α,β-unsaturated/α-hetero) is 1. The number of ketones is 1. The molecule has 0 aliphatic heterocycles. The molecule has 0 saturated heterocycles. The summed E-state index contributed by atoms with van der Waals surface area (Å²) in [5, 5.41) is 8.33. The number of aromatic carboxylic acids is 1. The average Bonchev–Trinajstić information content (AvgIpc) is 2.33. The molecule has 0 radical (unpaired) electrons. The third kappa shape index (κ3) is 1.43. The highest BCUT2D eigenvalue weighted by atomic mass is 16.4. The summed E-state index contributed by atoms with van der Waals surface area (Å²) in [4.78, 5) is 24.2. The first kappa shape index (κ1) is 7.46. The average molecular weight is 155 g/mol. The van der Waals surface area contributed by atoms with Gasteiger partial charge in [-0.15, -0.1) is 0 Å². The molecule has 0 bridgehead atoms. The van der Waals surface area contributed by atoms with E-state index in [1.165, 1.54) is 6.92 Å². The van der Waals surface area contributed by atoms with Crippen molar-refractivity contribution in [1.82, 2.24) is 4.98 Å². The lowest BCUT2D eigenvalue weighted by Crippen LogP contribution is -1.93. The van der Waals surface area contributed by atoms with E-state index in [2.05, 4.69) is 9.40 Å². The van der Waals surface area contributed by atoms with Crippen molar-refractivity contribution in [3.05, 3.63) is 17.8 Å². The fraction of sp³-hybridized carbons (Fsp3) is 0.167. The van der Waals surface area contributed by atoms with E-state index in [0.717, 1.165) is 6.20 Å². The monoisotopic (exact) mass is 155 g/mol. The summed E-state index contributed by atoms with van der Waals surface area (Å²) >= 11 is 0. The highest BCUT2D eigenvalue weighted by Crippen LogP contribution is 2.03. The zero-order chi connectivity index (χ0) is 8.43. The normalized spacial score (nSPS) is 9.55. The molecule has 1 heterocycles. The molecule has 0 fully saturated rings. The van der Waals surface area contributed by atoms with Crippen molar-refractivity contribution in [2.75, 3.05) is 0 Å². The number of carbonyl (C=O) groups excluding carboxylic acids is 1. The Morgan fingerprint density at radius 1 is 1.64 bits per heavy atom. The van der Waals surface area contributed by atoms with Gasteiger partial charge in [0.25, 0.3) is 5.89 Å². The fourth-order valence-corrected chi connectivity index (χ4v) is 0.536. The predicted octanol–water partition coefficient (Wildman–Crippen LogP) is 0.575. The minimum atomic E-state index is -1.23. The molecule has 1 N–H and O–H groups in total. The fourth-order valence-electron chi connectivity index (χ4n) is 0.536. The van der Waals surface area contributed by atoms with E-state index < -0.39 is 11.8 Å². The van der Waals surface area contributed by atoms with Gasteiger partial charge in [0, 0.05) is 6.92 Å². The van der Waals surface area contributed by atoms with Gasteiger partial charge in [0.2, 0.25) is 11.5 Å². The first-order chi connectivity index (χ1) is 5.11. The van der Waals surface area contributed by atoms with Crippen molar-refractivity contribution in [2.45, 2.75) is 6.92 Å². The van der Waals surface area contributed by atoms with Gasteiger partial charge in [-0.2, -0.15) is 0 Å². The smallest absolute Gasteiger partial charge is 0.373 e. The predicted molar refractivity (Wildman–Crippen MR) is 33.5 cm³/mol. The van der Waals surface area contributed by atoms with Crippen LogP contribution in [0.2, 0.25) is 0 Å². The Bertz CT molecular complexity index is 273. The maximum atomic E-state index is 10.5. The summed E-state index contributed by atoms with van der Waals surface area (Å²) in [6, 6.07) is 0. The van der Waals surface area contributed by atoms with E-state index in [1.807, 2.05) is 0 Å². The zero-order valence-electron chi connectivity index (χ0n) is 5.70. The molecule has 0 amide bonds. The van der Waals surface area contributed by atoms with Crippen molar-refractivity contribution >= 4 is 11.8 Å². The number of carboxylic acid groups (broad SMARTS) is 1. The van der Waals surface area contributed by atoms with Crippen LogP contribution in [0.5, 0.6) is 0 Å². The molecule has 5 heteroatoms. The van der Waals surface area contributed by atoms with Gasteiger partial charge in [0.05, 0.1) is 6.20 Å². The van der Waals surface area contributed by atoms with Crippen LogP contribution in [0.1, 0.15) is 28.2 Å². The third-order valence-corrected chi connectivity index (χ3v) is 1.02. The number of oxazole rings is 1. The molecule has 0 aromatic carbocycles. The van der Waals surface area contributed by atoms with E-state index in [1.54, 1.807) is 0 Å². The first-order valence-electron chi connectivity index (χ1n) is 2.81. The first-order valence-corrected chi connectivity index (χ1v) is 2.81. The molecule has 1 aromatic heterocycles. The highest BCUT2D eigenvalue weighted by Gasteiger charge is 2.12. The lowest BCUT2D eigenvalue weighted by Gasteiger charge is -1.83. The van der Waals surface area contributed by atoms with Crippen LogP contribution in [0, 0.1) is 0 Å². The van der Waals surface area contributed by atoms with Crippen LogP contribution >= 0.6 is 0 Å². The van der Waals surface area contributed by atoms with Crippen LogP contribution in [0.15, 0.2) is 10.6 Å². The second kappa shape index (κ2) is 2.53. The number of hydrogen-bond donors (Lipinski definition) is 1. The standard InChI is InChI=1S/C6H5NO4/c1-3(8)5-7-2-4(11-5)6(9)10/h2H,1H3,(H,9,10). The maximum Gasteiger partial charge on any atom is 0.373 e. The molecule has 0 aliphatic carbocycles. The molecule has 0 spiro atoms. The van der Waals surface area contributed by atoms with Crippen LogP contribution in [0.4, 0.5) is 0 Å². The Morgan fingerprint density at radius 2 is 2.27 bits per heavy atom. The molecule has 0 unspecified atom stereocenters. The molecule has 58 valence electrons. The molecular weight excluding hydrogens is 150 g/mol. The molecule has 0 aliphatic rings. The van der Waals surface area contributed by atoms with Crippen molar-refractivity contribution < 1.29 is 19.1 Å². The zero-order valence-corrected chi connectivity index (χ0v) is 5.70. The van der Waals surface area contributed by atoms with Crippen LogP contribution < -0.4 is 0 Å².